The Morgan fingerprint density at radius 2 is 1.72 bits per heavy atom. The van der Waals surface area contributed by atoms with E-state index in [1.54, 1.807) is 31.2 Å². The summed E-state index contributed by atoms with van der Waals surface area (Å²) in [4.78, 5) is 23.9. The molecule has 0 radical (unpaired) electrons. The summed E-state index contributed by atoms with van der Waals surface area (Å²) in [5.41, 5.74) is 0.220. The topological polar surface area (TPSA) is 55.4 Å². The monoisotopic (exact) mass is 351 g/mol. The average molecular weight is 351 g/mol. The summed E-state index contributed by atoms with van der Waals surface area (Å²) in [5.74, 6) is -6.57. The largest absolute Gasteiger partial charge is 0.455 e. The van der Waals surface area contributed by atoms with Gasteiger partial charge in [0.2, 0.25) is 0 Å². The van der Waals surface area contributed by atoms with Crippen molar-refractivity contribution in [3.05, 3.63) is 65.5 Å². The number of halogens is 3. The fourth-order valence-corrected chi connectivity index (χ4v) is 2.27. The summed E-state index contributed by atoms with van der Waals surface area (Å²) in [7, 11) is 0. The molecule has 1 atom stereocenters. The van der Waals surface area contributed by atoms with Crippen molar-refractivity contribution in [1.29, 1.82) is 0 Å². The van der Waals surface area contributed by atoms with E-state index < -0.39 is 47.5 Å². The van der Waals surface area contributed by atoms with Gasteiger partial charge in [0.1, 0.15) is 0 Å². The Labute approximate surface area is 142 Å². The lowest BCUT2D eigenvalue weighted by molar-refractivity contribution is -0.149. The van der Waals surface area contributed by atoms with Crippen LogP contribution < -0.4 is 5.32 Å². The fraction of sp³-hybridized carbons (Fsp3) is 0.222. The van der Waals surface area contributed by atoms with Crippen LogP contribution in [0.25, 0.3) is 0 Å². The van der Waals surface area contributed by atoms with Gasteiger partial charge >= 0.3 is 5.97 Å². The molecule has 0 fully saturated rings. The summed E-state index contributed by atoms with van der Waals surface area (Å²) < 4.78 is 44.4. The Kier molecular flexibility index (Phi) is 6.16. The van der Waals surface area contributed by atoms with Crippen LogP contribution in [0.4, 0.5) is 18.9 Å². The predicted octanol–water partition coefficient (Wildman–Crippen LogP) is 3.78. The number of rotatable bonds is 6. The molecule has 0 bridgehead atoms. The molecule has 0 saturated heterocycles. The maximum atomic E-state index is 13.5. The van der Waals surface area contributed by atoms with Gasteiger partial charge < -0.3 is 10.1 Å². The van der Waals surface area contributed by atoms with Crippen molar-refractivity contribution in [3.63, 3.8) is 0 Å². The van der Waals surface area contributed by atoms with Crippen LogP contribution in [0.5, 0.6) is 0 Å². The Bertz CT molecular complexity index is 766. The van der Waals surface area contributed by atoms with E-state index in [1.807, 2.05) is 11.4 Å². The van der Waals surface area contributed by atoms with Crippen LogP contribution in [0.3, 0.4) is 0 Å². The third-order valence-corrected chi connectivity index (χ3v) is 3.55. The molecule has 0 spiro atoms. The number of hydrogen-bond donors (Lipinski definition) is 1. The van der Waals surface area contributed by atoms with Crippen molar-refractivity contribution in [3.8, 4) is 0 Å². The van der Waals surface area contributed by atoms with E-state index in [2.05, 4.69) is 0 Å². The number of benzene rings is 2. The van der Waals surface area contributed by atoms with Gasteiger partial charge in [-0.2, -0.15) is 0 Å². The lowest BCUT2D eigenvalue weighted by Crippen LogP contribution is -2.24. The highest BCUT2D eigenvalue weighted by molar-refractivity contribution is 5.93. The third-order valence-electron chi connectivity index (χ3n) is 3.55. The number of esters is 1. The van der Waals surface area contributed by atoms with Gasteiger partial charge in [0, 0.05) is 0 Å². The maximum Gasteiger partial charge on any atom is 0.313 e. The first-order valence-corrected chi connectivity index (χ1v) is 7.59. The third kappa shape index (κ3) is 4.59. The normalized spacial score (nSPS) is 11.7. The fourth-order valence-electron chi connectivity index (χ4n) is 2.27. The van der Waals surface area contributed by atoms with Crippen LogP contribution in [-0.2, 0) is 14.3 Å². The lowest BCUT2D eigenvalue weighted by Gasteiger charge is -2.14. The maximum absolute atomic E-state index is 13.5. The van der Waals surface area contributed by atoms with E-state index in [-0.39, 0.29) is 0 Å². The van der Waals surface area contributed by atoms with Crippen molar-refractivity contribution in [2.24, 2.45) is 0 Å². The predicted molar refractivity (Wildman–Crippen MR) is 85.4 cm³/mol. The molecule has 0 aromatic heterocycles. The number of carbonyl (C=O) groups excluding carboxylic acids is 2. The summed E-state index contributed by atoms with van der Waals surface area (Å²) >= 11 is 0. The van der Waals surface area contributed by atoms with E-state index in [0.717, 1.165) is 11.6 Å². The molecule has 0 aliphatic heterocycles. The standard InChI is InChI=1S/C18H16F3NO3/c1-2-12(11-6-4-3-5-7-11)18(24)25-10-15(23)22-14-9-8-13(19)16(20)17(14)21/h3-9,12H,2,10H2,1H3,(H,22,23)/t12-/m0/s1. The van der Waals surface area contributed by atoms with Crippen LogP contribution >= 0.6 is 0 Å². The van der Waals surface area contributed by atoms with Gasteiger partial charge in [-0.3, -0.25) is 9.59 Å². The summed E-state index contributed by atoms with van der Waals surface area (Å²) in [6.07, 6.45) is 0.474. The van der Waals surface area contributed by atoms with E-state index in [9.17, 15) is 22.8 Å². The molecule has 7 heteroatoms. The van der Waals surface area contributed by atoms with Crippen LogP contribution in [0.15, 0.2) is 42.5 Å². The summed E-state index contributed by atoms with van der Waals surface area (Å²) in [5, 5.41) is 2.03. The molecule has 1 amide bonds. The van der Waals surface area contributed by atoms with Crippen molar-refractivity contribution in [2.75, 3.05) is 11.9 Å². The Balaban J connectivity index is 1.95. The molecule has 2 rings (SSSR count). The zero-order valence-corrected chi connectivity index (χ0v) is 13.4. The zero-order valence-electron chi connectivity index (χ0n) is 13.4. The molecule has 0 aliphatic carbocycles. The van der Waals surface area contributed by atoms with Crippen LogP contribution in [0, 0.1) is 17.5 Å². The molecular weight excluding hydrogens is 335 g/mol. The smallest absolute Gasteiger partial charge is 0.313 e. The molecular formula is C18H16F3NO3. The van der Waals surface area contributed by atoms with Gasteiger partial charge in [0.25, 0.3) is 5.91 Å². The first-order valence-electron chi connectivity index (χ1n) is 7.59. The Morgan fingerprint density at radius 3 is 2.36 bits per heavy atom. The van der Waals surface area contributed by atoms with Crippen LogP contribution in [0.1, 0.15) is 24.8 Å². The quantitative estimate of drug-likeness (QED) is 0.637. The second-order valence-electron chi connectivity index (χ2n) is 5.25. The van der Waals surface area contributed by atoms with Crippen molar-refractivity contribution >= 4 is 17.6 Å². The molecule has 0 saturated carbocycles. The minimum Gasteiger partial charge on any atom is -0.455 e. The summed E-state index contributed by atoms with van der Waals surface area (Å²) in [6, 6.07) is 10.5. The average Bonchev–Trinajstić information content (AvgIpc) is 2.62. The number of hydrogen-bond acceptors (Lipinski definition) is 3. The van der Waals surface area contributed by atoms with Gasteiger partial charge in [-0.05, 0) is 24.1 Å². The second-order valence-corrected chi connectivity index (χ2v) is 5.25. The molecule has 4 nitrogen and oxygen atoms in total. The van der Waals surface area contributed by atoms with Crippen molar-refractivity contribution in [2.45, 2.75) is 19.3 Å². The van der Waals surface area contributed by atoms with Crippen LogP contribution in [-0.4, -0.2) is 18.5 Å². The number of amides is 1. The summed E-state index contributed by atoms with van der Waals surface area (Å²) in [6.45, 7) is 1.14. The molecule has 132 valence electrons. The van der Waals surface area contributed by atoms with E-state index >= 15 is 0 Å². The number of ether oxygens (including phenoxy) is 1. The van der Waals surface area contributed by atoms with Gasteiger partial charge in [-0.1, -0.05) is 37.3 Å². The second kappa shape index (κ2) is 8.32. The van der Waals surface area contributed by atoms with Crippen molar-refractivity contribution < 1.29 is 27.5 Å². The van der Waals surface area contributed by atoms with Gasteiger partial charge in [0.15, 0.2) is 24.1 Å². The highest BCUT2D eigenvalue weighted by Crippen LogP contribution is 2.21. The highest BCUT2D eigenvalue weighted by Gasteiger charge is 2.21. The van der Waals surface area contributed by atoms with E-state index in [4.69, 9.17) is 4.74 Å². The number of nitrogens with one attached hydrogen (secondary N) is 1. The molecule has 2 aromatic rings. The molecule has 0 unspecified atom stereocenters. The number of carbonyl (C=O) groups is 2. The molecule has 2 aromatic carbocycles. The van der Waals surface area contributed by atoms with Gasteiger partial charge in [-0.25, -0.2) is 13.2 Å². The first-order chi connectivity index (χ1) is 11.9. The highest BCUT2D eigenvalue weighted by atomic mass is 19.2. The minimum absolute atomic E-state index is 0.474. The van der Waals surface area contributed by atoms with Gasteiger partial charge in [-0.15, -0.1) is 0 Å². The van der Waals surface area contributed by atoms with Crippen LogP contribution in [0.2, 0.25) is 0 Å². The number of anilines is 1. The molecule has 0 heterocycles. The van der Waals surface area contributed by atoms with E-state index in [0.29, 0.717) is 12.5 Å². The minimum atomic E-state index is -1.69. The molecule has 25 heavy (non-hydrogen) atoms. The van der Waals surface area contributed by atoms with Crippen molar-refractivity contribution in [1.82, 2.24) is 0 Å². The van der Waals surface area contributed by atoms with E-state index in [1.165, 1.54) is 0 Å². The Hall–Kier alpha value is -2.83. The lowest BCUT2D eigenvalue weighted by atomic mass is 9.97. The Morgan fingerprint density at radius 1 is 1.04 bits per heavy atom. The SMILES string of the molecule is CC[C@H](C(=O)OCC(=O)Nc1ccc(F)c(F)c1F)c1ccccc1. The molecule has 1 N–H and O–H groups in total. The van der Waals surface area contributed by atoms with Gasteiger partial charge in [0.05, 0.1) is 11.6 Å². The molecule has 0 aliphatic rings. The zero-order chi connectivity index (χ0) is 18.4. The first kappa shape index (κ1) is 18.5.